The van der Waals surface area contributed by atoms with Gasteiger partial charge in [0, 0.05) is 5.02 Å². The number of halogens is 1. The van der Waals surface area contributed by atoms with Crippen molar-refractivity contribution in [2.75, 3.05) is 0 Å². The Labute approximate surface area is 93.9 Å². The minimum absolute atomic E-state index is 0.309. The fourth-order valence-corrected chi connectivity index (χ4v) is 1.62. The van der Waals surface area contributed by atoms with Crippen LogP contribution in [-0.4, -0.2) is 11.0 Å². The van der Waals surface area contributed by atoms with Gasteiger partial charge in [-0.1, -0.05) is 37.1 Å². The van der Waals surface area contributed by atoms with Crippen LogP contribution in [0.4, 0.5) is 0 Å². The highest BCUT2D eigenvalue weighted by Crippen LogP contribution is 2.27. The topological polar surface area (TPSA) is 63.3 Å². The zero-order valence-electron chi connectivity index (χ0n) is 8.53. The zero-order valence-corrected chi connectivity index (χ0v) is 9.29. The number of carbonyl (C=O) groups is 1. The van der Waals surface area contributed by atoms with Crippen LogP contribution in [0.15, 0.2) is 24.3 Å². The van der Waals surface area contributed by atoms with E-state index in [0.717, 1.165) is 0 Å². The van der Waals surface area contributed by atoms with Crippen LogP contribution in [-0.2, 0) is 10.4 Å². The Bertz CT molecular complexity index is 350. The number of carbonyl (C=O) groups excluding carboxylic acids is 1. The summed E-state index contributed by atoms with van der Waals surface area (Å²) < 4.78 is 0. The maximum atomic E-state index is 11.2. The highest BCUT2D eigenvalue weighted by molar-refractivity contribution is 6.30. The van der Waals surface area contributed by atoms with Crippen molar-refractivity contribution in [3.63, 3.8) is 0 Å². The van der Waals surface area contributed by atoms with Crippen LogP contribution in [0, 0.1) is 0 Å². The first kappa shape index (κ1) is 12.0. The first-order chi connectivity index (χ1) is 7.00. The van der Waals surface area contributed by atoms with Crippen LogP contribution in [0.2, 0.25) is 5.02 Å². The van der Waals surface area contributed by atoms with E-state index in [2.05, 4.69) is 0 Å². The predicted molar refractivity (Wildman–Crippen MR) is 59.5 cm³/mol. The monoisotopic (exact) mass is 227 g/mol. The third kappa shape index (κ3) is 2.49. The molecule has 1 atom stereocenters. The van der Waals surface area contributed by atoms with Crippen LogP contribution in [0.5, 0.6) is 0 Å². The summed E-state index contributed by atoms with van der Waals surface area (Å²) in [6.07, 6.45) is 0.978. The molecule has 0 aliphatic heterocycles. The van der Waals surface area contributed by atoms with Gasteiger partial charge in [0.25, 0.3) is 5.91 Å². The summed E-state index contributed by atoms with van der Waals surface area (Å²) in [6.45, 7) is 1.88. The van der Waals surface area contributed by atoms with Gasteiger partial charge >= 0.3 is 0 Å². The smallest absolute Gasteiger partial charge is 0.254 e. The van der Waals surface area contributed by atoms with Gasteiger partial charge in [-0.2, -0.15) is 0 Å². The second kappa shape index (κ2) is 4.64. The van der Waals surface area contributed by atoms with Gasteiger partial charge in [0.2, 0.25) is 0 Å². The van der Waals surface area contributed by atoms with Crippen molar-refractivity contribution in [2.45, 2.75) is 25.4 Å². The molecule has 1 rings (SSSR count). The van der Waals surface area contributed by atoms with Crippen molar-refractivity contribution in [3.05, 3.63) is 34.9 Å². The Hall–Kier alpha value is -1.06. The van der Waals surface area contributed by atoms with Crippen LogP contribution in [0.25, 0.3) is 0 Å². The Kier molecular flexibility index (Phi) is 3.72. The molecule has 0 fully saturated rings. The molecular weight excluding hydrogens is 214 g/mol. The predicted octanol–water partition coefficient (Wildman–Crippen LogP) is 1.81. The lowest BCUT2D eigenvalue weighted by molar-refractivity contribution is -0.138. The molecule has 0 saturated heterocycles. The summed E-state index contributed by atoms with van der Waals surface area (Å²) in [5, 5.41) is 10.7. The van der Waals surface area contributed by atoms with E-state index in [-0.39, 0.29) is 0 Å². The second-order valence-corrected chi connectivity index (χ2v) is 3.92. The Morgan fingerprint density at radius 2 is 2.00 bits per heavy atom. The van der Waals surface area contributed by atoms with Crippen molar-refractivity contribution in [3.8, 4) is 0 Å². The second-order valence-electron chi connectivity index (χ2n) is 3.48. The lowest BCUT2D eigenvalue weighted by Gasteiger charge is -2.24. The summed E-state index contributed by atoms with van der Waals surface area (Å²) in [4.78, 5) is 11.2. The van der Waals surface area contributed by atoms with E-state index < -0.39 is 11.5 Å². The average molecular weight is 228 g/mol. The third-order valence-electron chi connectivity index (χ3n) is 2.34. The van der Waals surface area contributed by atoms with E-state index in [1.54, 1.807) is 24.3 Å². The Morgan fingerprint density at radius 1 is 1.47 bits per heavy atom. The summed E-state index contributed by atoms with van der Waals surface area (Å²) in [7, 11) is 0. The molecule has 0 bridgehead atoms. The number of amides is 1. The molecule has 0 aliphatic carbocycles. The number of aliphatic hydroxyl groups is 1. The van der Waals surface area contributed by atoms with Gasteiger partial charge < -0.3 is 10.8 Å². The molecule has 0 aromatic heterocycles. The van der Waals surface area contributed by atoms with Gasteiger partial charge in [0.15, 0.2) is 5.60 Å². The van der Waals surface area contributed by atoms with Gasteiger partial charge in [-0.15, -0.1) is 0 Å². The van der Waals surface area contributed by atoms with Crippen molar-refractivity contribution in [1.29, 1.82) is 0 Å². The summed E-state index contributed by atoms with van der Waals surface area (Å²) in [5.74, 6) is -0.730. The van der Waals surface area contributed by atoms with Gasteiger partial charge in [0.1, 0.15) is 0 Å². The van der Waals surface area contributed by atoms with E-state index in [1.165, 1.54) is 0 Å². The van der Waals surface area contributed by atoms with Crippen molar-refractivity contribution in [2.24, 2.45) is 5.73 Å². The number of nitrogens with two attached hydrogens (primary N) is 1. The molecule has 0 radical (unpaired) electrons. The van der Waals surface area contributed by atoms with Crippen molar-refractivity contribution in [1.82, 2.24) is 0 Å². The SMILES string of the molecule is CCCC(O)(C(N)=O)c1ccc(Cl)cc1. The van der Waals surface area contributed by atoms with E-state index in [9.17, 15) is 9.90 Å². The lowest BCUT2D eigenvalue weighted by atomic mass is 9.89. The van der Waals surface area contributed by atoms with Gasteiger partial charge in [0.05, 0.1) is 0 Å². The summed E-state index contributed by atoms with van der Waals surface area (Å²) in [5.41, 5.74) is 4.11. The number of hydrogen-bond acceptors (Lipinski definition) is 2. The van der Waals surface area contributed by atoms with Crippen LogP contribution in [0.1, 0.15) is 25.3 Å². The first-order valence-electron chi connectivity index (χ1n) is 4.79. The molecule has 0 aliphatic rings. The van der Waals surface area contributed by atoms with E-state index in [1.807, 2.05) is 6.92 Å². The number of rotatable bonds is 4. The quantitative estimate of drug-likeness (QED) is 0.824. The number of benzene rings is 1. The van der Waals surface area contributed by atoms with Crippen LogP contribution < -0.4 is 5.73 Å². The molecule has 4 heteroatoms. The van der Waals surface area contributed by atoms with Gasteiger partial charge in [-0.25, -0.2) is 0 Å². The molecule has 1 unspecified atom stereocenters. The molecule has 1 amide bonds. The van der Waals surface area contributed by atoms with E-state index in [4.69, 9.17) is 17.3 Å². The summed E-state index contributed by atoms with van der Waals surface area (Å²) in [6, 6.07) is 6.48. The third-order valence-corrected chi connectivity index (χ3v) is 2.59. The van der Waals surface area contributed by atoms with Crippen LogP contribution in [0.3, 0.4) is 0 Å². The maximum absolute atomic E-state index is 11.2. The average Bonchev–Trinajstić information content (AvgIpc) is 2.18. The molecule has 15 heavy (non-hydrogen) atoms. The lowest BCUT2D eigenvalue weighted by Crippen LogP contribution is -2.41. The zero-order chi connectivity index (χ0) is 11.5. The van der Waals surface area contributed by atoms with E-state index in [0.29, 0.717) is 23.4 Å². The Balaban J connectivity index is 3.09. The molecule has 0 saturated carbocycles. The minimum atomic E-state index is -1.58. The standard InChI is InChI=1S/C11H14ClNO2/c1-2-7-11(15,10(13)14)8-3-5-9(12)6-4-8/h3-6,15H,2,7H2,1H3,(H2,13,14). The molecule has 3 nitrogen and oxygen atoms in total. The molecule has 82 valence electrons. The fraction of sp³-hybridized carbons (Fsp3) is 0.364. The molecule has 0 heterocycles. The van der Waals surface area contributed by atoms with Crippen molar-refractivity contribution < 1.29 is 9.90 Å². The highest BCUT2D eigenvalue weighted by atomic mass is 35.5. The minimum Gasteiger partial charge on any atom is -0.375 e. The normalized spacial score (nSPS) is 14.6. The van der Waals surface area contributed by atoms with Gasteiger partial charge in [-0.3, -0.25) is 4.79 Å². The highest BCUT2D eigenvalue weighted by Gasteiger charge is 2.34. The molecule has 1 aromatic carbocycles. The van der Waals surface area contributed by atoms with Gasteiger partial charge in [-0.05, 0) is 24.1 Å². The fourth-order valence-electron chi connectivity index (χ4n) is 1.50. The number of hydrogen-bond donors (Lipinski definition) is 2. The summed E-state index contributed by atoms with van der Waals surface area (Å²) >= 11 is 5.72. The van der Waals surface area contributed by atoms with Crippen molar-refractivity contribution >= 4 is 17.5 Å². The molecule has 1 aromatic rings. The first-order valence-corrected chi connectivity index (χ1v) is 5.17. The maximum Gasteiger partial charge on any atom is 0.254 e. The largest absolute Gasteiger partial charge is 0.375 e. The molecule has 0 spiro atoms. The van der Waals surface area contributed by atoms with Crippen LogP contribution >= 0.6 is 11.6 Å². The van der Waals surface area contributed by atoms with E-state index >= 15 is 0 Å². The Morgan fingerprint density at radius 3 is 2.40 bits per heavy atom. The number of primary amides is 1. The molecular formula is C11H14ClNO2. The molecule has 3 N–H and O–H groups in total.